The first kappa shape index (κ1) is 17.9. The number of nitrogens with one attached hydrogen (secondary N) is 2. The Bertz CT molecular complexity index is 1030. The second kappa shape index (κ2) is 8.01. The highest BCUT2D eigenvalue weighted by atomic mass is 16.5. The summed E-state index contributed by atoms with van der Waals surface area (Å²) in [6.07, 6.45) is 1.34. The van der Waals surface area contributed by atoms with E-state index in [1.54, 1.807) is 24.3 Å². The maximum Gasteiger partial charge on any atom is 0.329 e. The Morgan fingerprint density at radius 2 is 1.81 bits per heavy atom. The molecule has 0 atom stereocenters. The number of carbonyl (C=O) groups excluding carboxylic acids is 2. The van der Waals surface area contributed by atoms with Crippen molar-refractivity contribution < 1.29 is 19.4 Å². The number of ether oxygens (including phenoxy) is 1. The largest absolute Gasteiger partial charge is 0.504 e. The van der Waals surface area contributed by atoms with Crippen molar-refractivity contribution in [3.05, 3.63) is 66.2 Å². The number of amides is 2. The summed E-state index contributed by atoms with van der Waals surface area (Å²) >= 11 is 0. The maximum absolute atomic E-state index is 12.1. The van der Waals surface area contributed by atoms with Crippen LogP contribution in [0.25, 0.3) is 10.8 Å². The topological polar surface area (TPSA) is 100 Å². The predicted molar refractivity (Wildman–Crippen MR) is 103 cm³/mol. The van der Waals surface area contributed by atoms with E-state index in [4.69, 9.17) is 4.74 Å². The minimum absolute atomic E-state index is 0.00634. The fourth-order valence-electron chi connectivity index (χ4n) is 2.50. The summed E-state index contributed by atoms with van der Waals surface area (Å²) in [5, 5.41) is 17.7. The van der Waals surface area contributed by atoms with Crippen LogP contribution in [0, 0.1) is 0 Å². The van der Waals surface area contributed by atoms with Gasteiger partial charge < -0.3 is 15.2 Å². The molecule has 0 saturated carbocycles. The third-order valence-electron chi connectivity index (χ3n) is 3.83. The SMILES string of the molecule is COc1cc(/C=N/NC(=O)C(=O)Nc2cccc3ccccc23)ccc1O. The van der Waals surface area contributed by atoms with Crippen LogP contribution in [0.2, 0.25) is 0 Å². The molecule has 136 valence electrons. The van der Waals surface area contributed by atoms with E-state index in [0.29, 0.717) is 11.3 Å². The standard InChI is InChI=1S/C20H17N3O4/c1-27-18-11-13(9-10-17(18)24)12-21-23-20(26)19(25)22-16-8-4-6-14-5-2-3-7-15(14)16/h2-12,24H,1H3,(H,22,25)(H,23,26)/b21-12+. The van der Waals surface area contributed by atoms with E-state index in [-0.39, 0.29) is 11.5 Å². The summed E-state index contributed by atoms with van der Waals surface area (Å²) in [5.74, 6) is -1.45. The van der Waals surface area contributed by atoms with Gasteiger partial charge in [-0.1, -0.05) is 36.4 Å². The van der Waals surface area contributed by atoms with Crippen LogP contribution in [0.15, 0.2) is 65.8 Å². The number of fused-ring (bicyclic) bond motifs is 1. The third-order valence-corrected chi connectivity index (χ3v) is 3.83. The Balaban J connectivity index is 1.65. The molecule has 0 bridgehead atoms. The number of carbonyl (C=O) groups is 2. The zero-order chi connectivity index (χ0) is 19.2. The molecule has 7 heteroatoms. The van der Waals surface area contributed by atoms with E-state index < -0.39 is 11.8 Å². The minimum Gasteiger partial charge on any atom is -0.504 e. The molecule has 3 aromatic rings. The van der Waals surface area contributed by atoms with E-state index in [1.807, 2.05) is 30.3 Å². The molecule has 0 unspecified atom stereocenters. The molecule has 0 aromatic heterocycles. The Morgan fingerprint density at radius 1 is 1.04 bits per heavy atom. The summed E-state index contributed by atoms with van der Waals surface area (Å²) < 4.78 is 4.99. The first-order valence-electron chi connectivity index (χ1n) is 8.07. The van der Waals surface area contributed by atoms with Crippen LogP contribution < -0.4 is 15.5 Å². The first-order valence-corrected chi connectivity index (χ1v) is 8.07. The van der Waals surface area contributed by atoms with E-state index in [9.17, 15) is 14.7 Å². The van der Waals surface area contributed by atoms with Gasteiger partial charge in [0.25, 0.3) is 0 Å². The van der Waals surface area contributed by atoms with Crippen molar-refractivity contribution in [1.29, 1.82) is 0 Å². The Morgan fingerprint density at radius 3 is 2.63 bits per heavy atom. The van der Waals surface area contributed by atoms with Gasteiger partial charge in [-0.3, -0.25) is 9.59 Å². The smallest absolute Gasteiger partial charge is 0.329 e. The van der Waals surface area contributed by atoms with Gasteiger partial charge in [-0.05, 0) is 35.2 Å². The zero-order valence-electron chi connectivity index (χ0n) is 14.5. The van der Waals surface area contributed by atoms with Crippen molar-refractivity contribution >= 4 is 34.5 Å². The molecule has 0 fully saturated rings. The van der Waals surface area contributed by atoms with Crippen molar-refractivity contribution in [2.24, 2.45) is 5.10 Å². The lowest BCUT2D eigenvalue weighted by atomic mass is 10.1. The predicted octanol–water partition coefficient (Wildman–Crippen LogP) is 2.64. The van der Waals surface area contributed by atoms with Gasteiger partial charge in [-0.25, -0.2) is 5.43 Å². The van der Waals surface area contributed by atoms with Crippen LogP contribution in [0.3, 0.4) is 0 Å². The quantitative estimate of drug-likeness (QED) is 0.377. The molecule has 3 aromatic carbocycles. The van der Waals surface area contributed by atoms with E-state index in [1.165, 1.54) is 19.4 Å². The molecule has 27 heavy (non-hydrogen) atoms. The van der Waals surface area contributed by atoms with Gasteiger partial charge in [0.05, 0.1) is 13.3 Å². The second-order valence-electron chi connectivity index (χ2n) is 5.61. The van der Waals surface area contributed by atoms with E-state index in [0.717, 1.165) is 10.8 Å². The highest BCUT2D eigenvalue weighted by molar-refractivity contribution is 6.40. The van der Waals surface area contributed by atoms with Crippen LogP contribution in [0.5, 0.6) is 11.5 Å². The van der Waals surface area contributed by atoms with Gasteiger partial charge in [0.15, 0.2) is 11.5 Å². The number of anilines is 1. The highest BCUT2D eigenvalue weighted by Crippen LogP contribution is 2.25. The van der Waals surface area contributed by atoms with Gasteiger partial charge >= 0.3 is 11.8 Å². The van der Waals surface area contributed by atoms with Gasteiger partial charge in [0, 0.05) is 11.1 Å². The van der Waals surface area contributed by atoms with Crippen LogP contribution in [0.1, 0.15) is 5.56 Å². The van der Waals surface area contributed by atoms with Gasteiger partial charge in [-0.2, -0.15) is 5.10 Å². The Hall–Kier alpha value is -3.87. The lowest BCUT2D eigenvalue weighted by molar-refractivity contribution is -0.136. The number of hydrogen-bond donors (Lipinski definition) is 3. The molecule has 0 aliphatic rings. The summed E-state index contributed by atoms with van der Waals surface area (Å²) in [5.41, 5.74) is 3.29. The number of hydrazone groups is 1. The molecular formula is C20H17N3O4. The summed E-state index contributed by atoms with van der Waals surface area (Å²) in [4.78, 5) is 24.0. The third kappa shape index (κ3) is 4.21. The highest BCUT2D eigenvalue weighted by Gasteiger charge is 2.14. The van der Waals surface area contributed by atoms with Crippen molar-refractivity contribution in [3.63, 3.8) is 0 Å². The van der Waals surface area contributed by atoms with Crippen molar-refractivity contribution in [2.75, 3.05) is 12.4 Å². The van der Waals surface area contributed by atoms with Crippen LogP contribution in [-0.4, -0.2) is 30.2 Å². The van der Waals surface area contributed by atoms with Gasteiger partial charge in [0.2, 0.25) is 0 Å². The number of rotatable bonds is 4. The first-order chi connectivity index (χ1) is 13.1. The van der Waals surface area contributed by atoms with Crippen molar-refractivity contribution in [2.45, 2.75) is 0 Å². The molecule has 0 aliphatic carbocycles. The van der Waals surface area contributed by atoms with Gasteiger partial charge in [-0.15, -0.1) is 0 Å². The molecule has 0 heterocycles. The van der Waals surface area contributed by atoms with Crippen LogP contribution in [-0.2, 0) is 9.59 Å². The molecule has 7 nitrogen and oxygen atoms in total. The maximum atomic E-state index is 12.1. The monoisotopic (exact) mass is 363 g/mol. The molecular weight excluding hydrogens is 346 g/mol. The lowest BCUT2D eigenvalue weighted by Crippen LogP contribution is -2.32. The van der Waals surface area contributed by atoms with Crippen LogP contribution >= 0.6 is 0 Å². The average molecular weight is 363 g/mol. The number of methoxy groups -OCH3 is 1. The molecule has 3 rings (SSSR count). The summed E-state index contributed by atoms with van der Waals surface area (Å²) in [6.45, 7) is 0. The number of phenols is 1. The normalized spacial score (nSPS) is 10.7. The number of phenolic OH excluding ortho intramolecular Hbond substituents is 1. The molecule has 0 spiro atoms. The average Bonchev–Trinajstić information content (AvgIpc) is 2.69. The zero-order valence-corrected chi connectivity index (χ0v) is 14.5. The number of aromatic hydroxyl groups is 1. The lowest BCUT2D eigenvalue weighted by Gasteiger charge is -2.07. The fraction of sp³-hybridized carbons (Fsp3) is 0.0500. The minimum atomic E-state index is -0.898. The Labute approximate surface area is 155 Å². The Kier molecular flexibility index (Phi) is 5.32. The van der Waals surface area contributed by atoms with Crippen LogP contribution in [0.4, 0.5) is 5.69 Å². The van der Waals surface area contributed by atoms with Crippen molar-refractivity contribution in [1.82, 2.24) is 5.43 Å². The van der Waals surface area contributed by atoms with E-state index >= 15 is 0 Å². The number of hydrogen-bond acceptors (Lipinski definition) is 5. The summed E-state index contributed by atoms with van der Waals surface area (Å²) in [6, 6.07) is 17.5. The molecule has 2 amide bonds. The molecule has 3 N–H and O–H groups in total. The molecule has 0 saturated heterocycles. The number of nitrogens with zero attached hydrogens (tertiary/aromatic N) is 1. The number of benzene rings is 3. The van der Waals surface area contributed by atoms with Crippen molar-refractivity contribution in [3.8, 4) is 11.5 Å². The fourth-order valence-corrected chi connectivity index (χ4v) is 2.50. The second-order valence-corrected chi connectivity index (χ2v) is 5.61. The molecule has 0 aliphatic heterocycles. The molecule has 0 radical (unpaired) electrons. The van der Waals surface area contributed by atoms with Gasteiger partial charge in [0.1, 0.15) is 0 Å². The van der Waals surface area contributed by atoms with E-state index in [2.05, 4.69) is 15.8 Å². The summed E-state index contributed by atoms with van der Waals surface area (Å²) in [7, 11) is 1.43.